The van der Waals surface area contributed by atoms with Crippen molar-refractivity contribution < 1.29 is 0 Å². The molecule has 1 nitrogen and oxygen atoms in total. The normalized spacial score (nSPS) is 10.4. The summed E-state index contributed by atoms with van der Waals surface area (Å²) < 4.78 is 0.767. The van der Waals surface area contributed by atoms with Gasteiger partial charge < -0.3 is 4.98 Å². The molecule has 0 fully saturated rings. The number of pyridine rings is 1. The highest BCUT2D eigenvalue weighted by Gasteiger charge is 1.96. The average Bonchev–Trinajstić information content (AvgIpc) is 2.07. The van der Waals surface area contributed by atoms with Gasteiger partial charge in [-0.05, 0) is 17.5 Å². The number of thiol groups is 1. The molecule has 2 rings (SSSR count). The zero-order valence-electron chi connectivity index (χ0n) is 6.24. The molecule has 0 amide bonds. The minimum atomic E-state index is 0.767. The molecule has 0 aliphatic rings. The molecule has 1 N–H and O–H groups in total. The maximum absolute atomic E-state index is 5.12. The first-order valence-corrected chi connectivity index (χ1v) is 4.44. The largest absolute Gasteiger partial charge is 0.352 e. The van der Waals surface area contributed by atoms with Gasteiger partial charge in [-0.2, -0.15) is 0 Å². The molecule has 0 saturated heterocycles. The van der Waals surface area contributed by atoms with Crippen LogP contribution in [0.25, 0.3) is 10.8 Å². The van der Waals surface area contributed by atoms with Crippen molar-refractivity contribution in [2.45, 2.75) is 4.90 Å². The van der Waals surface area contributed by atoms with E-state index in [-0.39, 0.29) is 0 Å². The highest BCUT2D eigenvalue weighted by molar-refractivity contribution is 7.80. The summed E-state index contributed by atoms with van der Waals surface area (Å²) in [7, 11) is 0. The Morgan fingerprint density at radius 1 is 1.17 bits per heavy atom. The van der Waals surface area contributed by atoms with Crippen LogP contribution < -0.4 is 0 Å². The first-order chi connectivity index (χ1) is 5.79. The van der Waals surface area contributed by atoms with E-state index in [0.29, 0.717) is 0 Å². The molecule has 0 atom stereocenters. The topological polar surface area (TPSA) is 15.8 Å². The molecule has 60 valence electrons. The first kappa shape index (κ1) is 7.83. The highest BCUT2D eigenvalue weighted by Crippen LogP contribution is 2.20. The number of aromatic nitrogens is 1. The van der Waals surface area contributed by atoms with Crippen molar-refractivity contribution in [2.24, 2.45) is 0 Å². The van der Waals surface area contributed by atoms with Crippen LogP contribution in [0.5, 0.6) is 0 Å². The van der Waals surface area contributed by atoms with E-state index in [9.17, 15) is 0 Å². The minimum Gasteiger partial charge on any atom is -0.352 e. The number of aromatic amines is 1. The van der Waals surface area contributed by atoms with Gasteiger partial charge in [0.05, 0.1) is 0 Å². The molecule has 0 unspecified atom stereocenters. The molecular weight excluding hydrogens is 186 g/mol. The van der Waals surface area contributed by atoms with Crippen LogP contribution in [0.3, 0.4) is 0 Å². The zero-order valence-corrected chi connectivity index (χ0v) is 7.95. The Kier molecular flexibility index (Phi) is 1.90. The zero-order chi connectivity index (χ0) is 8.55. The van der Waals surface area contributed by atoms with Gasteiger partial charge in [-0.25, -0.2) is 0 Å². The summed E-state index contributed by atoms with van der Waals surface area (Å²) in [5.41, 5.74) is 0. The predicted molar refractivity (Wildman–Crippen MR) is 56.4 cm³/mol. The number of benzene rings is 1. The highest BCUT2D eigenvalue weighted by atomic mass is 32.1. The molecule has 12 heavy (non-hydrogen) atoms. The molecule has 0 radical (unpaired) electrons. The second-order valence-electron chi connectivity index (χ2n) is 2.55. The summed E-state index contributed by atoms with van der Waals surface area (Å²) >= 11 is 9.46. The maximum atomic E-state index is 5.12. The van der Waals surface area contributed by atoms with Gasteiger partial charge in [0.1, 0.15) is 4.64 Å². The van der Waals surface area contributed by atoms with E-state index in [2.05, 4.69) is 17.6 Å². The van der Waals surface area contributed by atoms with Crippen molar-refractivity contribution in [1.82, 2.24) is 4.98 Å². The van der Waals surface area contributed by atoms with Crippen molar-refractivity contribution >= 4 is 35.6 Å². The molecule has 0 aliphatic carbocycles. The summed E-state index contributed by atoms with van der Waals surface area (Å²) in [6.45, 7) is 0. The van der Waals surface area contributed by atoms with Crippen molar-refractivity contribution in [1.29, 1.82) is 0 Å². The molecule has 2 aromatic rings. The minimum absolute atomic E-state index is 0.767. The molecule has 1 heterocycles. The van der Waals surface area contributed by atoms with Crippen LogP contribution in [0.15, 0.2) is 35.4 Å². The van der Waals surface area contributed by atoms with E-state index in [4.69, 9.17) is 12.2 Å². The van der Waals surface area contributed by atoms with E-state index in [1.54, 1.807) is 0 Å². The fourth-order valence-electron chi connectivity index (χ4n) is 1.20. The molecule has 0 saturated carbocycles. The third-order valence-electron chi connectivity index (χ3n) is 1.79. The average molecular weight is 193 g/mol. The SMILES string of the molecule is S=c1[nH]ccc2c(S)cccc12. The number of fused-ring (bicyclic) bond motifs is 1. The van der Waals surface area contributed by atoms with Gasteiger partial charge in [-0.3, -0.25) is 0 Å². The Balaban J connectivity index is 3.05. The second-order valence-corrected chi connectivity index (χ2v) is 3.44. The lowest BCUT2D eigenvalue weighted by Crippen LogP contribution is -1.78. The standard InChI is InChI=1S/C9H7NS2/c11-8-3-1-2-7-6(8)4-5-10-9(7)12/h1-5,11H,(H,10,12). The molecule has 0 aliphatic heterocycles. The van der Waals surface area contributed by atoms with Crippen LogP contribution >= 0.6 is 24.8 Å². The quantitative estimate of drug-likeness (QED) is 0.485. The summed E-state index contributed by atoms with van der Waals surface area (Å²) in [6, 6.07) is 7.88. The Morgan fingerprint density at radius 2 is 2.00 bits per heavy atom. The lowest BCUT2D eigenvalue weighted by molar-refractivity contribution is 1.32. The van der Waals surface area contributed by atoms with Gasteiger partial charge in [0.25, 0.3) is 0 Å². The Labute approximate surface area is 80.8 Å². The monoisotopic (exact) mass is 193 g/mol. The Bertz CT molecular complexity index is 473. The van der Waals surface area contributed by atoms with E-state index < -0.39 is 0 Å². The number of hydrogen-bond donors (Lipinski definition) is 2. The summed E-state index contributed by atoms with van der Waals surface area (Å²) in [5, 5.41) is 2.16. The summed E-state index contributed by atoms with van der Waals surface area (Å²) in [4.78, 5) is 3.95. The van der Waals surface area contributed by atoms with E-state index >= 15 is 0 Å². The predicted octanol–water partition coefficient (Wildman–Crippen LogP) is 3.19. The molecule has 1 aromatic heterocycles. The van der Waals surface area contributed by atoms with E-state index in [0.717, 1.165) is 20.3 Å². The van der Waals surface area contributed by atoms with Gasteiger partial charge >= 0.3 is 0 Å². The number of H-pyrrole nitrogens is 1. The lowest BCUT2D eigenvalue weighted by Gasteiger charge is -1.99. The van der Waals surface area contributed by atoms with Crippen molar-refractivity contribution in [3.63, 3.8) is 0 Å². The van der Waals surface area contributed by atoms with Gasteiger partial charge in [0, 0.05) is 16.5 Å². The van der Waals surface area contributed by atoms with Crippen LogP contribution in [0.4, 0.5) is 0 Å². The number of rotatable bonds is 0. The summed E-state index contributed by atoms with van der Waals surface area (Å²) in [6.07, 6.45) is 1.84. The van der Waals surface area contributed by atoms with Crippen LogP contribution in [-0.2, 0) is 0 Å². The molecule has 0 spiro atoms. The van der Waals surface area contributed by atoms with Crippen molar-refractivity contribution in [3.05, 3.63) is 35.1 Å². The van der Waals surface area contributed by atoms with Crippen molar-refractivity contribution in [2.75, 3.05) is 0 Å². The lowest BCUT2D eigenvalue weighted by atomic mass is 10.2. The van der Waals surface area contributed by atoms with E-state index in [1.807, 2.05) is 30.5 Å². The molecule has 0 bridgehead atoms. The molecular formula is C9H7NS2. The summed E-state index contributed by atoms with van der Waals surface area (Å²) in [5.74, 6) is 0. The van der Waals surface area contributed by atoms with Crippen molar-refractivity contribution in [3.8, 4) is 0 Å². The van der Waals surface area contributed by atoms with Gasteiger partial charge in [0.2, 0.25) is 0 Å². The Morgan fingerprint density at radius 3 is 2.75 bits per heavy atom. The van der Waals surface area contributed by atoms with Crippen LogP contribution in [0.1, 0.15) is 0 Å². The van der Waals surface area contributed by atoms with Gasteiger partial charge in [0.15, 0.2) is 0 Å². The second kappa shape index (κ2) is 2.92. The van der Waals surface area contributed by atoms with Crippen LogP contribution in [0, 0.1) is 4.64 Å². The number of nitrogens with one attached hydrogen (secondary N) is 1. The molecule has 3 heteroatoms. The Hall–Kier alpha value is -0.800. The van der Waals surface area contributed by atoms with Crippen LogP contribution in [-0.4, -0.2) is 4.98 Å². The third kappa shape index (κ3) is 1.15. The molecule has 1 aromatic carbocycles. The maximum Gasteiger partial charge on any atom is 0.111 e. The smallest absolute Gasteiger partial charge is 0.111 e. The third-order valence-corrected chi connectivity index (χ3v) is 2.52. The fraction of sp³-hybridized carbons (Fsp3) is 0. The first-order valence-electron chi connectivity index (χ1n) is 3.58. The van der Waals surface area contributed by atoms with Gasteiger partial charge in [-0.15, -0.1) is 12.6 Å². The number of hydrogen-bond acceptors (Lipinski definition) is 2. The fourth-order valence-corrected chi connectivity index (χ4v) is 1.73. The van der Waals surface area contributed by atoms with E-state index in [1.165, 1.54) is 0 Å². The van der Waals surface area contributed by atoms with Crippen LogP contribution in [0.2, 0.25) is 0 Å². The van der Waals surface area contributed by atoms with Gasteiger partial charge in [-0.1, -0.05) is 24.4 Å².